The minimum absolute atomic E-state index is 0.0424. The molecule has 2 amide bonds. The molecule has 5 rings (SSSR count). The van der Waals surface area contributed by atoms with Crippen molar-refractivity contribution in [1.82, 2.24) is 9.47 Å². The summed E-state index contributed by atoms with van der Waals surface area (Å²) in [5.41, 5.74) is 1.10. The molecule has 2 saturated carbocycles. The maximum Gasteiger partial charge on any atom is 0.259 e. The zero-order valence-electron chi connectivity index (χ0n) is 22.4. The summed E-state index contributed by atoms with van der Waals surface area (Å²) in [4.78, 5) is 43.6. The average molecular weight is 551 g/mol. The molecule has 8 nitrogen and oxygen atoms in total. The molecule has 3 aromatic rings. The summed E-state index contributed by atoms with van der Waals surface area (Å²) in [6.07, 6.45) is 4.02. The lowest BCUT2D eigenvalue weighted by molar-refractivity contribution is -0.106. The summed E-state index contributed by atoms with van der Waals surface area (Å²) < 4.78 is 29.1. The highest BCUT2D eigenvalue weighted by Gasteiger charge is 2.36. The van der Waals surface area contributed by atoms with Crippen molar-refractivity contribution in [2.24, 2.45) is 7.05 Å². The molecular formula is C29H31FN4O4S. The standard InChI is InChI=1S/C29H31FN4O4S/c1-17-8-13-24(23(30)14-17)31-27-25(29(37)32(3)19-9-10-19)26(18(2)28(36)33(27)4)34(16-35)20-6-5-7-22(15-20)39(38)21-11-12-21/h5-8,13-16,19,21,31H,9-12H2,1-4H3. The van der Waals surface area contributed by atoms with E-state index in [2.05, 4.69) is 5.32 Å². The lowest BCUT2D eigenvalue weighted by Crippen LogP contribution is -2.35. The van der Waals surface area contributed by atoms with Crippen LogP contribution in [0.4, 0.5) is 27.3 Å². The van der Waals surface area contributed by atoms with Crippen molar-refractivity contribution in [3.8, 4) is 0 Å². The van der Waals surface area contributed by atoms with Gasteiger partial charge in [0.2, 0.25) is 6.41 Å². The molecule has 0 radical (unpaired) electrons. The molecule has 1 heterocycles. The summed E-state index contributed by atoms with van der Waals surface area (Å²) >= 11 is 0. The zero-order valence-corrected chi connectivity index (χ0v) is 23.2. The lowest BCUT2D eigenvalue weighted by Gasteiger charge is -2.28. The second kappa shape index (κ2) is 10.4. The first-order valence-electron chi connectivity index (χ1n) is 12.9. The largest absolute Gasteiger partial charge is 0.339 e. The Balaban J connectivity index is 1.72. The number of anilines is 4. The number of nitrogens with one attached hydrogen (secondary N) is 1. The summed E-state index contributed by atoms with van der Waals surface area (Å²) in [6, 6.07) is 11.4. The van der Waals surface area contributed by atoms with Gasteiger partial charge in [0.05, 0.1) is 22.2 Å². The Hall–Kier alpha value is -3.79. The zero-order chi connectivity index (χ0) is 28.0. The molecule has 1 atom stereocenters. The third-order valence-corrected chi connectivity index (χ3v) is 9.09. The van der Waals surface area contributed by atoms with Crippen LogP contribution < -0.4 is 15.8 Å². The van der Waals surface area contributed by atoms with Gasteiger partial charge in [-0.3, -0.25) is 28.1 Å². The molecule has 2 aliphatic rings. The van der Waals surface area contributed by atoms with Crippen LogP contribution in [0, 0.1) is 19.7 Å². The number of aromatic nitrogens is 1. The third-order valence-electron chi connectivity index (χ3n) is 7.30. The number of carbonyl (C=O) groups excluding carboxylic acids is 2. The van der Waals surface area contributed by atoms with Crippen LogP contribution in [-0.4, -0.2) is 44.3 Å². The summed E-state index contributed by atoms with van der Waals surface area (Å²) in [5, 5.41) is 3.07. The fourth-order valence-electron chi connectivity index (χ4n) is 4.70. The van der Waals surface area contributed by atoms with E-state index in [1.165, 1.54) is 22.6 Å². The minimum atomic E-state index is -1.22. The number of rotatable bonds is 9. The Morgan fingerprint density at radius 1 is 1.13 bits per heavy atom. The van der Waals surface area contributed by atoms with E-state index in [1.807, 2.05) is 0 Å². The Kier molecular flexibility index (Phi) is 7.15. The number of halogens is 1. The first kappa shape index (κ1) is 26.8. The second-order valence-electron chi connectivity index (χ2n) is 10.3. The monoisotopic (exact) mass is 550 g/mol. The molecule has 0 aliphatic heterocycles. The SMILES string of the molecule is Cc1ccc(Nc2c(C(=O)N(C)C3CC3)c(N(C=O)c3cccc(S(=O)C4CC4)c3)c(C)c(=O)n2C)c(F)c1. The topological polar surface area (TPSA) is 91.7 Å². The minimum Gasteiger partial charge on any atom is -0.339 e. The molecule has 2 aliphatic carbocycles. The van der Waals surface area contributed by atoms with E-state index in [0.29, 0.717) is 17.0 Å². The van der Waals surface area contributed by atoms with Crippen molar-refractivity contribution < 1.29 is 18.2 Å². The number of amides is 2. The van der Waals surface area contributed by atoms with Crippen molar-refractivity contribution in [2.45, 2.75) is 55.7 Å². The number of hydrogen-bond donors (Lipinski definition) is 1. The van der Waals surface area contributed by atoms with Gasteiger partial charge in [-0.2, -0.15) is 0 Å². The highest BCUT2D eigenvalue weighted by Crippen LogP contribution is 2.39. The van der Waals surface area contributed by atoms with Crippen LogP contribution in [0.25, 0.3) is 0 Å². The Labute approximate surface area is 228 Å². The first-order chi connectivity index (χ1) is 18.6. The van der Waals surface area contributed by atoms with Crippen LogP contribution in [0.5, 0.6) is 0 Å². The van der Waals surface area contributed by atoms with E-state index in [-0.39, 0.29) is 39.6 Å². The molecule has 204 valence electrons. The molecule has 2 aromatic carbocycles. The van der Waals surface area contributed by atoms with Gasteiger partial charge in [0, 0.05) is 41.5 Å². The number of benzene rings is 2. The molecule has 10 heteroatoms. The van der Waals surface area contributed by atoms with Gasteiger partial charge >= 0.3 is 0 Å². The van der Waals surface area contributed by atoms with Crippen LogP contribution in [-0.2, 0) is 22.6 Å². The highest BCUT2D eigenvalue weighted by atomic mass is 32.2. The van der Waals surface area contributed by atoms with Crippen molar-refractivity contribution in [1.29, 1.82) is 0 Å². The molecule has 1 N–H and O–H groups in total. The molecule has 2 fully saturated rings. The predicted molar refractivity (Wildman–Crippen MR) is 150 cm³/mol. The van der Waals surface area contributed by atoms with Crippen molar-refractivity contribution in [2.75, 3.05) is 17.3 Å². The normalized spacial score (nSPS) is 15.5. The van der Waals surface area contributed by atoms with Crippen LogP contribution in [0.1, 0.15) is 47.2 Å². The highest BCUT2D eigenvalue weighted by molar-refractivity contribution is 7.86. The van der Waals surface area contributed by atoms with Crippen LogP contribution >= 0.6 is 0 Å². The van der Waals surface area contributed by atoms with Gasteiger partial charge < -0.3 is 10.2 Å². The molecule has 39 heavy (non-hydrogen) atoms. The van der Waals surface area contributed by atoms with Gasteiger partial charge in [0.15, 0.2) is 0 Å². The summed E-state index contributed by atoms with van der Waals surface area (Å²) in [6.45, 7) is 3.32. The lowest BCUT2D eigenvalue weighted by atomic mass is 10.1. The summed E-state index contributed by atoms with van der Waals surface area (Å²) in [5.74, 6) is -0.864. The fraction of sp³-hybridized carbons (Fsp3) is 0.345. The van der Waals surface area contributed by atoms with Gasteiger partial charge in [0.1, 0.15) is 17.2 Å². The number of pyridine rings is 1. The maximum atomic E-state index is 14.9. The van der Waals surface area contributed by atoms with E-state index in [1.54, 1.807) is 62.2 Å². The van der Waals surface area contributed by atoms with E-state index in [4.69, 9.17) is 0 Å². The molecule has 0 bridgehead atoms. The molecule has 0 saturated heterocycles. The Morgan fingerprint density at radius 3 is 2.46 bits per heavy atom. The number of nitrogens with zero attached hydrogens (tertiary/aromatic N) is 3. The Morgan fingerprint density at radius 2 is 1.85 bits per heavy atom. The van der Waals surface area contributed by atoms with Crippen LogP contribution in [0.15, 0.2) is 52.2 Å². The van der Waals surface area contributed by atoms with Crippen LogP contribution in [0.2, 0.25) is 0 Å². The Bertz CT molecular complexity index is 1560. The van der Waals surface area contributed by atoms with Gasteiger partial charge in [0.25, 0.3) is 11.5 Å². The van der Waals surface area contributed by atoms with Crippen molar-refractivity contribution in [3.05, 3.63) is 75.3 Å². The molecular weight excluding hydrogens is 519 g/mol. The van der Waals surface area contributed by atoms with E-state index in [9.17, 15) is 23.0 Å². The second-order valence-corrected chi connectivity index (χ2v) is 12.0. The third kappa shape index (κ3) is 5.13. The first-order valence-corrected chi connectivity index (χ1v) is 14.1. The van der Waals surface area contributed by atoms with Gasteiger partial charge in [-0.05, 0) is 75.4 Å². The fourth-order valence-corrected chi connectivity index (χ4v) is 6.10. The van der Waals surface area contributed by atoms with Crippen LogP contribution in [0.3, 0.4) is 0 Å². The van der Waals surface area contributed by atoms with E-state index in [0.717, 1.165) is 31.2 Å². The quantitative estimate of drug-likeness (QED) is 0.391. The predicted octanol–water partition coefficient (Wildman–Crippen LogP) is 4.68. The van der Waals surface area contributed by atoms with Gasteiger partial charge in [-0.1, -0.05) is 12.1 Å². The smallest absolute Gasteiger partial charge is 0.259 e. The molecule has 1 unspecified atom stereocenters. The maximum absolute atomic E-state index is 14.9. The number of hydrogen-bond acceptors (Lipinski definition) is 5. The number of carbonyl (C=O) groups is 2. The van der Waals surface area contributed by atoms with E-state index >= 15 is 0 Å². The average Bonchev–Trinajstić information content (AvgIpc) is 3.83. The van der Waals surface area contributed by atoms with Crippen molar-refractivity contribution in [3.63, 3.8) is 0 Å². The molecule has 1 aromatic heterocycles. The van der Waals surface area contributed by atoms with E-state index < -0.39 is 28.1 Å². The molecule has 0 spiro atoms. The van der Waals surface area contributed by atoms with Crippen molar-refractivity contribution >= 4 is 46.0 Å². The van der Waals surface area contributed by atoms with Gasteiger partial charge in [-0.15, -0.1) is 0 Å². The van der Waals surface area contributed by atoms with Gasteiger partial charge in [-0.25, -0.2) is 4.39 Å². The summed E-state index contributed by atoms with van der Waals surface area (Å²) in [7, 11) is 1.98. The number of aryl methyl sites for hydroxylation is 1.